The average Bonchev–Trinajstić information content (AvgIpc) is 3.15. The van der Waals surface area contributed by atoms with Crippen LogP contribution in [-0.4, -0.2) is 75.3 Å². The van der Waals surface area contributed by atoms with E-state index >= 15 is 0 Å². The van der Waals surface area contributed by atoms with Gasteiger partial charge in [0.1, 0.15) is 6.04 Å². The molecule has 3 rings (SSSR count). The van der Waals surface area contributed by atoms with Crippen molar-refractivity contribution in [2.45, 2.75) is 19.0 Å². The molecular weight excluding hydrogens is 476 g/mol. The number of thiazole rings is 1. The summed E-state index contributed by atoms with van der Waals surface area (Å²) in [5.74, 6) is -0.967. The van der Waals surface area contributed by atoms with Crippen LogP contribution in [0.4, 0.5) is 5.69 Å². The van der Waals surface area contributed by atoms with Crippen LogP contribution in [0.1, 0.15) is 20.4 Å². The minimum absolute atomic E-state index is 0.254. The molecule has 13 heteroatoms. The second kappa shape index (κ2) is 10.1. The van der Waals surface area contributed by atoms with Gasteiger partial charge in [-0.2, -0.15) is 13.1 Å². The van der Waals surface area contributed by atoms with E-state index in [-0.39, 0.29) is 11.6 Å². The molecule has 0 radical (unpaired) electrons. The van der Waals surface area contributed by atoms with Crippen molar-refractivity contribution in [3.8, 4) is 0 Å². The Morgan fingerprint density at radius 2 is 1.97 bits per heavy atom. The Morgan fingerprint density at radius 3 is 2.62 bits per heavy atom. The van der Waals surface area contributed by atoms with Crippen molar-refractivity contribution in [1.29, 1.82) is 0 Å². The fourth-order valence-corrected chi connectivity index (χ4v) is 5.18. The number of benzene rings is 1. The van der Waals surface area contributed by atoms with Crippen molar-refractivity contribution in [2.24, 2.45) is 0 Å². The fraction of sp³-hybridized carbons (Fsp3) is 0.421. The monoisotopic (exact) mass is 500 g/mol. The van der Waals surface area contributed by atoms with Crippen LogP contribution >= 0.6 is 22.9 Å². The number of hydrogen-bond donors (Lipinski definition) is 3. The van der Waals surface area contributed by atoms with Gasteiger partial charge in [-0.05, 0) is 31.3 Å². The molecule has 1 aromatic heterocycles. The molecule has 2 aromatic rings. The molecule has 1 aliphatic heterocycles. The van der Waals surface area contributed by atoms with E-state index in [4.69, 9.17) is 11.6 Å². The molecular formula is C19H25ClN6O4S2. The zero-order valence-corrected chi connectivity index (χ0v) is 20.3. The number of carbonyl (C=O) groups excluding carboxylic acids is 2. The summed E-state index contributed by atoms with van der Waals surface area (Å²) < 4.78 is 29.4. The van der Waals surface area contributed by atoms with Crippen molar-refractivity contribution in [2.75, 3.05) is 39.0 Å². The van der Waals surface area contributed by atoms with Crippen molar-refractivity contribution in [3.63, 3.8) is 0 Å². The highest BCUT2D eigenvalue weighted by atomic mass is 35.5. The summed E-state index contributed by atoms with van der Waals surface area (Å²) in [4.78, 5) is 34.2. The molecule has 1 aliphatic rings. The van der Waals surface area contributed by atoms with Gasteiger partial charge in [0.2, 0.25) is 5.91 Å². The van der Waals surface area contributed by atoms with Crippen LogP contribution in [0.3, 0.4) is 0 Å². The van der Waals surface area contributed by atoms with Gasteiger partial charge in [0.05, 0.1) is 5.69 Å². The quantitative estimate of drug-likeness (QED) is 0.495. The van der Waals surface area contributed by atoms with Gasteiger partial charge in [-0.15, -0.1) is 11.3 Å². The summed E-state index contributed by atoms with van der Waals surface area (Å²) in [7, 11) is 1.06. The molecule has 1 atom stereocenters. The Kier molecular flexibility index (Phi) is 7.72. The first-order valence-electron chi connectivity index (χ1n) is 9.76. The van der Waals surface area contributed by atoms with E-state index in [0.717, 1.165) is 30.1 Å². The van der Waals surface area contributed by atoms with Gasteiger partial charge in [-0.25, -0.2) is 4.98 Å². The second-order valence-corrected chi connectivity index (χ2v) is 10.6. The lowest BCUT2D eigenvalue weighted by atomic mass is 10.2. The molecule has 0 saturated carbocycles. The third-order valence-electron chi connectivity index (χ3n) is 4.73. The number of halogens is 1. The van der Waals surface area contributed by atoms with Gasteiger partial charge >= 0.3 is 0 Å². The molecule has 0 aliphatic carbocycles. The summed E-state index contributed by atoms with van der Waals surface area (Å²) in [6.45, 7) is 1.25. The van der Waals surface area contributed by atoms with Crippen LogP contribution in [0, 0.1) is 0 Å². The van der Waals surface area contributed by atoms with Gasteiger partial charge in [0, 0.05) is 55.7 Å². The van der Waals surface area contributed by atoms with E-state index in [1.165, 1.54) is 42.5 Å². The number of anilines is 1. The Hall–Kier alpha value is -2.25. The van der Waals surface area contributed by atoms with E-state index < -0.39 is 28.1 Å². The predicted molar refractivity (Wildman–Crippen MR) is 124 cm³/mol. The molecule has 1 aromatic carbocycles. The van der Waals surface area contributed by atoms with E-state index in [1.54, 1.807) is 12.1 Å². The fourth-order valence-electron chi connectivity index (χ4n) is 3.05. The van der Waals surface area contributed by atoms with Crippen molar-refractivity contribution in [3.05, 3.63) is 44.9 Å². The van der Waals surface area contributed by atoms with Crippen LogP contribution in [0.25, 0.3) is 0 Å². The van der Waals surface area contributed by atoms with Crippen LogP contribution in [0.5, 0.6) is 0 Å². The lowest BCUT2D eigenvalue weighted by molar-refractivity contribution is -0.130. The SMILES string of the molecule is CN1CCc2nc(C(=O)NC(CNS(=O)(=O)Nc3ccc(Cl)cc3)C(=O)N(C)C)sc2C1. The molecule has 3 N–H and O–H groups in total. The first-order valence-corrected chi connectivity index (χ1v) is 12.4. The van der Waals surface area contributed by atoms with Gasteiger partial charge in [0.15, 0.2) is 5.01 Å². The standard InChI is InChI=1S/C19H25ClN6O4S2/c1-25(2)19(28)15(10-21-32(29,30)24-13-6-4-12(20)5-7-13)22-17(27)18-23-14-8-9-26(3)11-16(14)31-18/h4-7,15,21,24H,8-11H2,1-3H3,(H,22,27). The molecule has 2 amide bonds. The van der Waals surface area contributed by atoms with Gasteiger partial charge in [-0.3, -0.25) is 14.3 Å². The summed E-state index contributed by atoms with van der Waals surface area (Å²) in [5, 5.41) is 3.33. The second-order valence-electron chi connectivity index (χ2n) is 7.60. The molecule has 1 unspecified atom stereocenters. The maximum Gasteiger partial charge on any atom is 0.299 e. The summed E-state index contributed by atoms with van der Waals surface area (Å²) in [5.41, 5.74) is 1.20. The Bertz CT molecular complexity index is 1090. The van der Waals surface area contributed by atoms with Crippen molar-refractivity contribution < 1.29 is 18.0 Å². The lowest BCUT2D eigenvalue weighted by Gasteiger charge is -2.22. The molecule has 10 nitrogen and oxygen atoms in total. The highest BCUT2D eigenvalue weighted by molar-refractivity contribution is 7.90. The zero-order chi connectivity index (χ0) is 23.5. The Morgan fingerprint density at radius 1 is 1.28 bits per heavy atom. The molecule has 0 bridgehead atoms. The van der Waals surface area contributed by atoms with Gasteiger partial charge < -0.3 is 15.1 Å². The van der Waals surface area contributed by atoms with Crippen molar-refractivity contribution in [1.82, 2.24) is 24.8 Å². The number of amides is 2. The number of carbonyl (C=O) groups is 2. The number of hydrogen-bond acceptors (Lipinski definition) is 7. The highest BCUT2D eigenvalue weighted by Gasteiger charge is 2.27. The molecule has 0 spiro atoms. The smallest absolute Gasteiger partial charge is 0.299 e. The van der Waals surface area contributed by atoms with E-state index in [0.29, 0.717) is 10.7 Å². The minimum atomic E-state index is -3.99. The predicted octanol–water partition coefficient (Wildman–Crippen LogP) is 0.918. The average molecular weight is 501 g/mol. The number of fused-ring (bicyclic) bond motifs is 1. The number of aromatic nitrogens is 1. The van der Waals surface area contributed by atoms with E-state index in [2.05, 4.69) is 24.6 Å². The molecule has 0 fully saturated rings. The maximum atomic E-state index is 12.8. The first-order chi connectivity index (χ1) is 15.0. The maximum absolute atomic E-state index is 12.8. The number of nitrogens with zero attached hydrogens (tertiary/aromatic N) is 3. The Balaban J connectivity index is 1.68. The summed E-state index contributed by atoms with van der Waals surface area (Å²) in [6.07, 6.45) is 0.756. The Labute approximate surface area is 196 Å². The lowest BCUT2D eigenvalue weighted by Crippen LogP contribution is -2.52. The first kappa shape index (κ1) is 24.4. The zero-order valence-electron chi connectivity index (χ0n) is 17.9. The number of likely N-dealkylation sites (N-methyl/N-ethyl adjacent to an activating group) is 2. The molecule has 174 valence electrons. The third-order valence-corrected chi connectivity index (χ3v) is 7.12. The molecule has 2 heterocycles. The van der Waals surface area contributed by atoms with Gasteiger partial charge in [-0.1, -0.05) is 11.6 Å². The number of nitrogens with one attached hydrogen (secondary N) is 3. The van der Waals surface area contributed by atoms with Gasteiger partial charge in [0.25, 0.3) is 16.1 Å². The van der Waals surface area contributed by atoms with Crippen LogP contribution < -0.4 is 14.8 Å². The number of rotatable bonds is 8. The van der Waals surface area contributed by atoms with Crippen molar-refractivity contribution >= 4 is 50.6 Å². The molecule has 0 saturated heterocycles. The minimum Gasteiger partial charge on any atom is -0.347 e. The van der Waals surface area contributed by atoms with Crippen LogP contribution in [-0.2, 0) is 28.0 Å². The normalized spacial score (nSPS) is 15.0. The topological polar surface area (TPSA) is 124 Å². The largest absolute Gasteiger partial charge is 0.347 e. The van der Waals surface area contributed by atoms with E-state index in [9.17, 15) is 18.0 Å². The highest BCUT2D eigenvalue weighted by Crippen LogP contribution is 2.24. The van der Waals surface area contributed by atoms with Crippen LogP contribution in [0.2, 0.25) is 5.02 Å². The third kappa shape index (κ3) is 6.39. The van der Waals surface area contributed by atoms with Crippen LogP contribution in [0.15, 0.2) is 24.3 Å². The summed E-state index contributed by atoms with van der Waals surface area (Å²) in [6, 6.07) is 5.00. The molecule has 32 heavy (non-hydrogen) atoms. The summed E-state index contributed by atoms with van der Waals surface area (Å²) >= 11 is 7.09. The van der Waals surface area contributed by atoms with E-state index in [1.807, 2.05) is 7.05 Å².